The first kappa shape index (κ1) is 17.7. The number of hydrogen-bond acceptors (Lipinski definition) is 5. The van der Waals surface area contributed by atoms with Gasteiger partial charge in [-0.05, 0) is 38.3 Å². The van der Waals surface area contributed by atoms with Crippen LogP contribution >= 0.6 is 0 Å². The number of amides is 2. The summed E-state index contributed by atoms with van der Waals surface area (Å²) >= 11 is 0. The van der Waals surface area contributed by atoms with Crippen molar-refractivity contribution in [2.75, 3.05) is 19.8 Å². The molecular formula is C18H24N2O5. The minimum absolute atomic E-state index is 0.00839. The van der Waals surface area contributed by atoms with Gasteiger partial charge in [-0.3, -0.25) is 14.8 Å². The third-order valence-corrected chi connectivity index (χ3v) is 4.87. The van der Waals surface area contributed by atoms with Crippen LogP contribution in [-0.2, 0) is 16.1 Å². The van der Waals surface area contributed by atoms with Crippen LogP contribution in [0.2, 0.25) is 0 Å². The Bertz CT molecular complexity index is 640. The number of ether oxygens (including phenoxy) is 2. The number of nitrogens with one attached hydrogen (secondary N) is 1. The van der Waals surface area contributed by atoms with Crippen LogP contribution in [-0.4, -0.2) is 47.8 Å². The van der Waals surface area contributed by atoms with Crippen molar-refractivity contribution >= 4 is 11.8 Å². The Labute approximate surface area is 146 Å². The Morgan fingerprint density at radius 1 is 1.28 bits per heavy atom. The summed E-state index contributed by atoms with van der Waals surface area (Å²) in [6.45, 7) is 4.14. The molecule has 1 fully saturated rings. The Morgan fingerprint density at radius 3 is 2.92 bits per heavy atom. The number of nitrogens with zero attached hydrogens (tertiary/aromatic N) is 1. The molecule has 2 amide bonds. The molecule has 3 rings (SSSR count). The number of carbonyl (C=O) groups excluding carboxylic acids is 2. The van der Waals surface area contributed by atoms with Crippen molar-refractivity contribution in [3.63, 3.8) is 0 Å². The van der Waals surface area contributed by atoms with Crippen LogP contribution in [0.25, 0.3) is 0 Å². The van der Waals surface area contributed by atoms with Gasteiger partial charge in [0.1, 0.15) is 12.4 Å². The maximum Gasteiger partial charge on any atom is 0.274 e. The first-order valence-corrected chi connectivity index (χ1v) is 8.68. The fraction of sp³-hybridized carbons (Fsp3) is 0.556. The Kier molecular flexibility index (Phi) is 5.55. The quantitative estimate of drug-likeness (QED) is 0.628. The molecule has 2 N–H and O–H groups in total. The van der Waals surface area contributed by atoms with Gasteiger partial charge in [0.2, 0.25) is 5.91 Å². The summed E-state index contributed by atoms with van der Waals surface area (Å²) in [6.07, 6.45) is 2.52. The van der Waals surface area contributed by atoms with Crippen LogP contribution in [0.5, 0.6) is 5.75 Å². The zero-order valence-electron chi connectivity index (χ0n) is 14.4. The van der Waals surface area contributed by atoms with Gasteiger partial charge in [0, 0.05) is 36.8 Å². The molecule has 0 spiro atoms. The predicted octanol–water partition coefficient (Wildman–Crippen LogP) is 1.73. The second-order valence-electron chi connectivity index (χ2n) is 6.63. The number of fused-ring (bicyclic) bond motifs is 1. The Balaban J connectivity index is 1.80. The third kappa shape index (κ3) is 3.93. The first-order chi connectivity index (χ1) is 12.1. The van der Waals surface area contributed by atoms with Crippen molar-refractivity contribution in [1.82, 2.24) is 10.4 Å². The largest absolute Gasteiger partial charge is 0.491 e. The zero-order chi connectivity index (χ0) is 17.8. The lowest BCUT2D eigenvalue weighted by molar-refractivity contribution is -0.139. The number of hydrogen-bond donors (Lipinski definition) is 2. The standard InChI is InChI=1S/C18H24N2O5/c1-12-11-25-16-9-14(17(21)19-23)4-5-15(16)10-20(12)18(22)13-3-2-7-24-8-6-13/h4-5,9,12-13,23H,2-3,6-8,10-11H2,1H3,(H,19,21). The molecule has 2 aliphatic rings. The van der Waals surface area contributed by atoms with Crippen LogP contribution in [0, 0.1) is 5.92 Å². The lowest BCUT2D eigenvalue weighted by atomic mass is 9.98. The van der Waals surface area contributed by atoms with Crippen molar-refractivity contribution in [2.45, 2.75) is 38.8 Å². The molecule has 7 nitrogen and oxygen atoms in total. The van der Waals surface area contributed by atoms with E-state index in [9.17, 15) is 9.59 Å². The van der Waals surface area contributed by atoms with Crippen LogP contribution in [0.15, 0.2) is 18.2 Å². The Morgan fingerprint density at radius 2 is 2.12 bits per heavy atom. The van der Waals surface area contributed by atoms with Crippen LogP contribution < -0.4 is 10.2 Å². The highest BCUT2D eigenvalue weighted by molar-refractivity contribution is 5.93. The summed E-state index contributed by atoms with van der Waals surface area (Å²) in [4.78, 5) is 26.5. The summed E-state index contributed by atoms with van der Waals surface area (Å²) in [6, 6.07) is 4.93. The number of benzene rings is 1. The van der Waals surface area contributed by atoms with Crippen molar-refractivity contribution < 1.29 is 24.3 Å². The van der Waals surface area contributed by atoms with Gasteiger partial charge in [-0.2, -0.15) is 0 Å². The van der Waals surface area contributed by atoms with Gasteiger partial charge in [0.25, 0.3) is 5.91 Å². The summed E-state index contributed by atoms with van der Waals surface area (Å²) in [5.41, 5.74) is 2.79. The molecule has 0 aromatic heterocycles. The highest BCUT2D eigenvalue weighted by Gasteiger charge is 2.31. The second-order valence-corrected chi connectivity index (χ2v) is 6.63. The lowest BCUT2D eigenvalue weighted by Crippen LogP contribution is -2.43. The van der Waals surface area contributed by atoms with E-state index in [-0.39, 0.29) is 17.9 Å². The van der Waals surface area contributed by atoms with E-state index in [1.165, 1.54) is 0 Å². The highest BCUT2D eigenvalue weighted by Crippen LogP contribution is 2.29. The molecule has 7 heteroatoms. The minimum atomic E-state index is -0.588. The molecule has 2 aliphatic heterocycles. The zero-order valence-corrected chi connectivity index (χ0v) is 14.4. The number of hydroxylamine groups is 1. The maximum atomic E-state index is 13.0. The monoisotopic (exact) mass is 348 g/mol. The van der Waals surface area contributed by atoms with Crippen molar-refractivity contribution in [3.8, 4) is 5.75 Å². The van der Waals surface area contributed by atoms with Gasteiger partial charge >= 0.3 is 0 Å². The molecule has 0 saturated carbocycles. The van der Waals surface area contributed by atoms with Crippen LogP contribution in [0.3, 0.4) is 0 Å². The van der Waals surface area contributed by atoms with Crippen molar-refractivity contribution in [2.24, 2.45) is 5.92 Å². The van der Waals surface area contributed by atoms with Crippen LogP contribution in [0.1, 0.15) is 42.1 Å². The van der Waals surface area contributed by atoms with Crippen molar-refractivity contribution in [3.05, 3.63) is 29.3 Å². The topological polar surface area (TPSA) is 88.1 Å². The number of carbonyl (C=O) groups is 2. The molecule has 2 unspecified atom stereocenters. The molecule has 2 heterocycles. The summed E-state index contributed by atoms with van der Waals surface area (Å²) in [5, 5.41) is 8.77. The maximum absolute atomic E-state index is 13.0. The van der Waals surface area contributed by atoms with Gasteiger partial charge in [0.15, 0.2) is 0 Å². The fourth-order valence-electron chi connectivity index (χ4n) is 3.35. The van der Waals surface area contributed by atoms with Gasteiger partial charge in [-0.15, -0.1) is 0 Å². The molecule has 0 radical (unpaired) electrons. The smallest absolute Gasteiger partial charge is 0.274 e. The van der Waals surface area contributed by atoms with Gasteiger partial charge < -0.3 is 14.4 Å². The van der Waals surface area contributed by atoms with Crippen LogP contribution in [0.4, 0.5) is 0 Å². The highest BCUT2D eigenvalue weighted by atomic mass is 16.5. The molecule has 25 heavy (non-hydrogen) atoms. The molecule has 1 aromatic carbocycles. The SMILES string of the molecule is CC1COc2cc(C(=O)NO)ccc2CN1C(=O)C1CCCOCC1. The Hall–Kier alpha value is -2.12. The number of rotatable bonds is 2. The molecule has 1 aromatic rings. The average Bonchev–Trinajstić information content (AvgIpc) is 3.00. The first-order valence-electron chi connectivity index (χ1n) is 8.68. The summed E-state index contributed by atoms with van der Waals surface area (Å²) in [5.74, 6) is 0.125. The van der Waals surface area contributed by atoms with Crippen molar-refractivity contribution in [1.29, 1.82) is 0 Å². The molecule has 136 valence electrons. The van der Waals surface area contributed by atoms with E-state index in [0.717, 1.165) is 31.4 Å². The van der Waals surface area contributed by atoms with E-state index in [2.05, 4.69) is 0 Å². The van der Waals surface area contributed by atoms with Gasteiger partial charge in [0.05, 0.1) is 6.04 Å². The van der Waals surface area contributed by atoms with E-state index in [4.69, 9.17) is 14.7 Å². The van der Waals surface area contributed by atoms with E-state index in [1.807, 2.05) is 11.8 Å². The van der Waals surface area contributed by atoms with Gasteiger partial charge in [-0.1, -0.05) is 6.07 Å². The molecular weight excluding hydrogens is 324 g/mol. The summed E-state index contributed by atoms with van der Waals surface area (Å²) < 4.78 is 11.3. The fourth-order valence-corrected chi connectivity index (χ4v) is 3.35. The molecule has 2 atom stereocenters. The van der Waals surface area contributed by atoms with E-state index in [0.29, 0.717) is 31.1 Å². The molecule has 0 aliphatic carbocycles. The van der Waals surface area contributed by atoms with E-state index >= 15 is 0 Å². The lowest BCUT2D eigenvalue weighted by Gasteiger charge is -2.30. The molecule has 0 bridgehead atoms. The third-order valence-electron chi connectivity index (χ3n) is 4.87. The molecule has 1 saturated heterocycles. The average molecular weight is 348 g/mol. The van der Waals surface area contributed by atoms with E-state index < -0.39 is 5.91 Å². The van der Waals surface area contributed by atoms with E-state index in [1.54, 1.807) is 23.7 Å². The minimum Gasteiger partial charge on any atom is -0.491 e. The normalized spacial score (nSPS) is 23.7. The predicted molar refractivity (Wildman–Crippen MR) is 89.4 cm³/mol. The summed E-state index contributed by atoms with van der Waals surface area (Å²) in [7, 11) is 0. The van der Waals surface area contributed by atoms with Gasteiger partial charge in [-0.25, -0.2) is 5.48 Å². The second kappa shape index (κ2) is 7.84.